The number of nitrogens with one attached hydrogen (secondary N) is 1. The summed E-state index contributed by atoms with van der Waals surface area (Å²) in [5.74, 6) is 0.627. The summed E-state index contributed by atoms with van der Waals surface area (Å²) in [5, 5.41) is 2.85. The lowest BCUT2D eigenvalue weighted by atomic mass is 10.1. The Morgan fingerprint density at radius 3 is 2.75 bits per heavy atom. The van der Waals surface area contributed by atoms with Gasteiger partial charge in [0.2, 0.25) is 5.91 Å². The van der Waals surface area contributed by atoms with Gasteiger partial charge in [-0.3, -0.25) is 4.79 Å². The Kier molecular flexibility index (Phi) is 6.25. The lowest BCUT2D eigenvalue weighted by Gasteiger charge is -2.23. The number of hydrogen-bond acceptors (Lipinski definition) is 3. The average molecular weight is 276 g/mol. The highest BCUT2D eigenvalue weighted by Crippen LogP contribution is 2.19. The minimum absolute atomic E-state index is 0.161. The third-order valence-corrected chi connectivity index (χ3v) is 2.77. The van der Waals surface area contributed by atoms with Crippen molar-refractivity contribution < 1.29 is 9.53 Å². The van der Waals surface area contributed by atoms with Crippen LogP contribution in [0, 0.1) is 0 Å². The first-order valence-electron chi connectivity index (χ1n) is 6.90. The van der Waals surface area contributed by atoms with Crippen molar-refractivity contribution in [2.75, 3.05) is 13.2 Å². The highest BCUT2D eigenvalue weighted by atomic mass is 16.5. The average Bonchev–Trinajstić information content (AvgIpc) is 2.43. The minimum atomic E-state index is -0.403. The quantitative estimate of drug-likeness (QED) is 0.751. The van der Waals surface area contributed by atoms with Crippen LogP contribution in [0.15, 0.2) is 30.3 Å². The Bertz CT molecular complexity index is 467. The molecule has 1 amide bonds. The molecule has 4 nitrogen and oxygen atoms in total. The number of benzene rings is 1. The molecule has 1 rings (SSSR count). The van der Waals surface area contributed by atoms with Gasteiger partial charge < -0.3 is 15.8 Å². The van der Waals surface area contributed by atoms with Crippen LogP contribution in [-0.4, -0.2) is 24.6 Å². The van der Waals surface area contributed by atoms with Gasteiger partial charge in [0.05, 0.1) is 6.61 Å². The largest absolute Gasteiger partial charge is 0.493 e. The fraction of sp³-hybridized carbons (Fsp3) is 0.438. The molecule has 0 saturated heterocycles. The Labute approximate surface area is 121 Å². The first kappa shape index (κ1) is 16.2. The highest BCUT2D eigenvalue weighted by molar-refractivity contribution is 5.92. The van der Waals surface area contributed by atoms with Gasteiger partial charge in [-0.25, -0.2) is 0 Å². The van der Waals surface area contributed by atoms with Crippen molar-refractivity contribution in [3.8, 4) is 5.75 Å². The van der Waals surface area contributed by atoms with E-state index in [2.05, 4.69) is 12.2 Å². The molecule has 0 aliphatic carbocycles. The summed E-state index contributed by atoms with van der Waals surface area (Å²) in [5.41, 5.74) is 6.07. The second-order valence-electron chi connectivity index (χ2n) is 5.30. The summed E-state index contributed by atoms with van der Waals surface area (Å²) in [4.78, 5) is 11.8. The van der Waals surface area contributed by atoms with E-state index < -0.39 is 5.54 Å². The molecule has 0 fully saturated rings. The van der Waals surface area contributed by atoms with E-state index in [1.807, 2.05) is 38.1 Å². The van der Waals surface area contributed by atoms with Crippen LogP contribution >= 0.6 is 0 Å². The van der Waals surface area contributed by atoms with Crippen molar-refractivity contribution >= 4 is 12.0 Å². The van der Waals surface area contributed by atoms with E-state index >= 15 is 0 Å². The molecule has 0 radical (unpaired) electrons. The number of para-hydroxylation sites is 1. The van der Waals surface area contributed by atoms with Gasteiger partial charge in [-0.1, -0.05) is 25.1 Å². The molecule has 0 heterocycles. The van der Waals surface area contributed by atoms with Crippen LogP contribution in [0.25, 0.3) is 6.08 Å². The van der Waals surface area contributed by atoms with Crippen molar-refractivity contribution in [1.82, 2.24) is 5.32 Å². The normalized spacial score (nSPS) is 11.6. The van der Waals surface area contributed by atoms with E-state index in [0.717, 1.165) is 17.7 Å². The maximum Gasteiger partial charge on any atom is 0.244 e. The number of amides is 1. The van der Waals surface area contributed by atoms with E-state index in [9.17, 15) is 4.79 Å². The molecule has 0 aromatic heterocycles. The van der Waals surface area contributed by atoms with Crippen LogP contribution in [0.4, 0.5) is 0 Å². The van der Waals surface area contributed by atoms with Crippen LogP contribution in [0.3, 0.4) is 0 Å². The second-order valence-corrected chi connectivity index (χ2v) is 5.30. The lowest BCUT2D eigenvalue weighted by molar-refractivity contribution is -0.117. The molecule has 0 bridgehead atoms. The molecule has 0 saturated carbocycles. The van der Waals surface area contributed by atoms with Gasteiger partial charge in [0, 0.05) is 23.7 Å². The fourth-order valence-electron chi connectivity index (χ4n) is 1.55. The van der Waals surface area contributed by atoms with E-state index in [1.54, 1.807) is 6.08 Å². The number of ether oxygens (including phenoxy) is 1. The standard InChI is InChI=1S/C16H24N2O2/c1-4-11-20-14-8-6-5-7-13(14)9-10-15(19)18-16(2,3)12-17/h5-10H,4,11-12,17H2,1-3H3,(H,18,19)/b10-9+. The molecule has 0 atom stereocenters. The Balaban J connectivity index is 2.72. The zero-order chi connectivity index (χ0) is 15.0. The van der Waals surface area contributed by atoms with Crippen LogP contribution in [0.2, 0.25) is 0 Å². The van der Waals surface area contributed by atoms with Gasteiger partial charge in [0.15, 0.2) is 0 Å². The number of nitrogens with two attached hydrogens (primary N) is 1. The molecule has 1 aromatic carbocycles. The summed E-state index contributed by atoms with van der Waals surface area (Å²) < 4.78 is 5.64. The Morgan fingerprint density at radius 2 is 2.10 bits per heavy atom. The number of carbonyl (C=O) groups excluding carboxylic acids is 1. The van der Waals surface area contributed by atoms with Gasteiger partial charge in [-0.2, -0.15) is 0 Å². The van der Waals surface area contributed by atoms with Gasteiger partial charge in [0.25, 0.3) is 0 Å². The van der Waals surface area contributed by atoms with Crippen molar-refractivity contribution in [1.29, 1.82) is 0 Å². The molecule has 1 aromatic rings. The molecule has 0 spiro atoms. The zero-order valence-electron chi connectivity index (χ0n) is 12.5. The van der Waals surface area contributed by atoms with Gasteiger partial charge in [-0.15, -0.1) is 0 Å². The van der Waals surface area contributed by atoms with Crippen molar-refractivity contribution in [3.63, 3.8) is 0 Å². The smallest absolute Gasteiger partial charge is 0.244 e. The number of carbonyl (C=O) groups is 1. The fourth-order valence-corrected chi connectivity index (χ4v) is 1.55. The summed E-state index contributed by atoms with van der Waals surface area (Å²) >= 11 is 0. The third-order valence-electron chi connectivity index (χ3n) is 2.77. The van der Waals surface area contributed by atoms with Crippen molar-refractivity contribution in [3.05, 3.63) is 35.9 Å². The van der Waals surface area contributed by atoms with E-state index in [1.165, 1.54) is 6.08 Å². The molecule has 20 heavy (non-hydrogen) atoms. The zero-order valence-corrected chi connectivity index (χ0v) is 12.5. The number of hydrogen-bond donors (Lipinski definition) is 2. The van der Waals surface area contributed by atoms with Crippen LogP contribution in [0.1, 0.15) is 32.8 Å². The van der Waals surface area contributed by atoms with Crippen molar-refractivity contribution in [2.45, 2.75) is 32.7 Å². The van der Waals surface area contributed by atoms with Gasteiger partial charge >= 0.3 is 0 Å². The predicted molar refractivity (Wildman–Crippen MR) is 82.5 cm³/mol. The second kappa shape index (κ2) is 7.70. The van der Waals surface area contributed by atoms with Crippen LogP contribution in [-0.2, 0) is 4.79 Å². The lowest BCUT2D eigenvalue weighted by Crippen LogP contribution is -2.48. The third kappa shape index (κ3) is 5.45. The maximum atomic E-state index is 11.8. The monoisotopic (exact) mass is 276 g/mol. The van der Waals surface area contributed by atoms with E-state index in [4.69, 9.17) is 10.5 Å². The summed E-state index contributed by atoms with van der Waals surface area (Å²) in [7, 11) is 0. The predicted octanol–water partition coefficient (Wildman–Crippen LogP) is 2.34. The Hall–Kier alpha value is -1.81. The molecule has 3 N–H and O–H groups in total. The van der Waals surface area contributed by atoms with E-state index in [-0.39, 0.29) is 5.91 Å². The molecule has 4 heteroatoms. The molecule has 0 aliphatic rings. The maximum absolute atomic E-state index is 11.8. The SMILES string of the molecule is CCCOc1ccccc1/C=C/C(=O)NC(C)(C)CN. The highest BCUT2D eigenvalue weighted by Gasteiger charge is 2.16. The Morgan fingerprint density at radius 1 is 1.40 bits per heavy atom. The topological polar surface area (TPSA) is 64.3 Å². The molecular weight excluding hydrogens is 252 g/mol. The molecular formula is C16H24N2O2. The van der Waals surface area contributed by atoms with Crippen LogP contribution in [0.5, 0.6) is 5.75 Å². The number of rotatable bonds is 7. The summed E-state index contributed by atoms with van der Waals surface area (Å²) in [6, 6.07) is 7.65. The summed E-state index contributed by atoms with van der Waals surface area (Å²) in [6.07, 6.45) is 4.21. The van der Waals surface area contributed by atoms with E-state index in [0.29, 0.717) is 13.2 Å². The van der Waals surface area contributed by atoms with Crippen molar-refractivity contribution in [2.24, 2.45) is 5.73 Å². The molecule has 0 unspecified atom stereocenters. The minimum Gasteiger partial charge on any atom is -0.493 e. The van der Waals surface area contributed by atoms with Gasteiger partial charge in [-0.05, 0) is 32.4 Å². The first-order chi connectivity index (χ1) is 9.48. The van der Waals surface area contributed by atoms with Crippen LogP contribution < -0.4 is 15.8 Å². The molecule has 0 aliphatic heterocycles. The first-order valence-corrected chi connectivity index (χ1v) is 6.90. The molecule has 110 valence electrons. The summed E-state index contributed by atoms with van der Waals surface area (Å²) in [6.45, 7) is 6.88. The van der Waals surface area contributed by atoms with Gasteiger partial charge in [0.1, 0.15) is 5.75 Å².